The summed E-state index contributed by atoms with van der Waals surface area (Å²) in [5.41, 5.74) is 7.32. The van der Waals surface area contributed by atoms with Gasteiger partial charge in [0, 0.05) is 41.4 Å². The SMILES string of the molecule is Cc1ccc(-c2ccc(Cl)cc2-c2cc(=O)n([C@H]3CCC[C@@H](C)C(=O)Nc4cnn(C)c4-c4ccnc3c4)cn2)cc1. The number of nitrogens with one attached hydrogen (secondary N) is 1. The number of halogens is 1. The standard InChI is InChI=1S/C33H31ClN6O2/c1-20-7-9-22(10-8-20)25-12-11-24(34)16-26(25)27-17-31(41)40(19-36-27)30-6-4-5-21(2)33(42)38-29-18-37-39(3)32(29)23-13-14-35-28(30)15-23/h7-19,21,30H,4-6H2,1-3H3,(H,38,42)/t21-,30+/m1/s1. The summed E-state index contributed by atoms with van der Waals surface area (Å²) in [6.07, 6.45) is 7.02. The zero-order valence-electron chi connectivity index (χ0n) is 23.7. The molecule has 1 aliphatic rings. The van der Waals surface area contributed by atoms with E-state index in [1.165, 1.54) is 5.56 Å². The summed E-state index contributed by atoms with van der Waals surface area (Å²) < 4.78 is 3.38. The van der Waals surface area contributed by atoms with E-state index in [9.17, 15) is 9.59 Å². The number of aromatic nitrogens is 5. The number of carbonyl (C=O) groups excluding carboxylic acids is 1. The number of anilines is 1. The van der Waals surface area contributed by atoms with E-state index in [1.807, 2.05) is 51.2 Å². The van der Waals surface area contributed by atoms with E-state index in [-0.39, 0.29) is 23.4 Å². The molecule has 0 unspecified atom stereocenters. The van der Waals surface area contributed by atoms with Gasteiger partial charge >= 0.3 is 0 Å². The first-order valence-electron chi connectivity index (χ1n) is 14.0. The van der Waals surface area contributed by atoms with E-state index in [4.69, 9.17) is 16.6 Å². The fourth-order valence-corrected chi connectivity index (χ4v) is 5.76. The third kappa shape index (κ3) is 5.37. The molecule has 2 bridgehead atoms. The van der Waals surface area contributed by atoms with Crippen molar-refractivity contribution in [2.45, 2.75) is 39.2 Å². The maximum Gasteiger partial charge on any atom is 0.254 e. The predicted molar refractivity (Wildman–Crippen MR) is 165 cm³/mol. The number of amides is 1. The first-order valence-corrected chi connectivity index (χ1v) is 14.4. The first kappa shape index (κ1) is 27.6. The minimum absolute atomic E-state index is 0.0512. The minimum atomic E-state index is -0.360. The second-order valence-corrected chi connectivity index (χ2v) is 11.3. The molecule has 0 spiro atoms. The smallest absolute Gasteiger partial charge is 0.254 e. The molecular weight excluding hydrogens is 548 g/mol. The van der Waals surface area contributed by atoms with Crippen LogP contribution < -0.4 is 10.9 Å². The minimum Gasteiger partial charge on any atom is -0.323 e. The van der Waals surface area contributed by atoms with Crippen molar-refractivity contribution in [1.29, 1.82) is 0 Å². The van der Waals surface area contributed by atoms with Gasteiger partial charge in [0.25, 0.3) is 5.56 Å². The van der Waals surface area contributed by atoms with Crippen LogP contribution >= 0.6 is 11.6 Å². The Balaban J connectivity index is 1.43. The second-order valence-electron chi connectivity index (χ2n) is 10.9. The van der Waals surface area contributed by atoms with E-state index in [1.54, 1.807) is 34.0 Å². The average Bonchev–Trinajstić information content (AvgIpc) is 3.35. The fraction of sp³-hybridized carbons (Fsp3) is 0.242. The van der Waals surface area contributed by atoms with E-state index < -0.39 is 0 Å². The summed E-state index contributed by atoms with van der Waals surface area (Å²) >= 11 is 6.40. The number of pyridine rings is 1. The van der Waals surface area contributed by atoms with Gasteiger partial charge in [0.05, 0.1) is 41.3 Å². The van der Waals surface area contributed by atoms with Crippen molar-refractivity contribution in [2.24, 2.45) is 13.0 Å². The summed E-state index contributed by atoms with van der Waals surface area (Å²) in [5, 5.41) is 7.99. The maximum absolute atomic E-state index is 13.8. The van der Waals surface area contributed by atoms with Crippen molar-refractivity contribution in [1.82, 2.24) is 24.3 Å². The highest BCUT2D eigenvalue weighted by Crippen LogP contribution is 2.35. The van der Waals surface area contributed by atoms with Crippen LogP contribution in [0, 0.1) is 12.8 Å². The van der Waals surface area contributed by atoms with Crippen LogP contribution in [0.5, 0.6) is 0 Å². The van der Waals surface area contributed by atoms with Crippen LogP contribution in [0.2, 0.25) is 5.02 Å². The van der Waals surface area contributed by atoms with Gasteiger partial charge in [0.2, 0.25) is 5.91 Å². The van der Waals surface area contributed by atoms with Crippen LogP contribution in [0.25, 0.3) is 33.6 Å². The van der Waals surface area contributed by atoms with Gasteiger partial charge in [-0.3, -0.25) is 23.8 Å². The number of benzene rings is 2. The van der Waals surface area contributed by atoms with E-state index in [0.29, 0.717) is 29.2 Å². The normalized spacial score (nSPS) is 17.1. The highest BCUT2D eigenvalue weighted by atomic mass is 35.5. The Kier molecular flexibility index (Phi) is 7.47. The van der Waals surface area contributed by atoms with Gasteiger partial charge in [-0.15, -0.1) is 0 Å². The van der Waals surface area contributed by atoms with Gasteiger partial charge in [-0.1, -0.05) is 60.8 Å². The molecule has 212 valence electrons. The molecule has 1 amide bonds. The van der Waals surface area contributed by atoms with E-state index in [2.05, 4.69) is 39.7 Å². The molecule has 0 saturated carbocycles. The van der Waals surface area contributed by atoms with E-state index >= 15 is 0 Å². The molecule has 2 atom stereocenters. The molecule has 8 nitrogen and oxygen atoms in total. The first-order chi connectivity index (χ1) is 20.3. The van der Waals surface area contributed by atoms with Crippen molar-refractivity contribution < 1.29 is 4.79 Å². The van der Waals surface area contributed by atoms with Gasteiger partial charge in [-0.25, -0.2) is 4.98 Å². The lowest BCUT2D eigenvalue weighted by Gasteiger charge is -2.22. The van der Waals surface area contributed by atoms with Crippen molar-refractivity contribution >= 4 is 23.2 Å². The molecule has 1 N–H and O–H groups in total. The second kappa shape index (κ2) is 11.4. The topological polar surface area (TPSA) is 94.7 Å². The lowest BCUT2D eigenvalue weighted by Crippen LogP contribution is -2.27. The van der Waals surface area contributed by atoms with Crippen molar-refractivity contribution in [3.05, 3.63) is 106 Å². The molecule has 1 aliphatic heterocycles. The highest BCUT2D eigenvalue weighted by molar-refractivity contribution is 6.31. The highest BCUT2D eigenvalue weighted by Gasteiger charge is 2.24. The Morgan fingerprint density at radius 2 is 1.74 bits per heavy atom. The van der Waals surface area contributed by atoms with Gasteiger partial charge in [0.1, 0.15) is 0 Å². The fourth-order valence-electron chi connectivity index (χ4n) is 5.59. The van der Waals surface area contributed by atoms with Crippen LogP contribution in [0.1, 0.15) is 43.5 Å². The number of aryl methyl sites for hydroxylation is 2. The van der Waals surface area contributed by atoms with Crippen LogP contribution in [-0.2, 0) is 11.8 Å². The number of rotatable bonds is 3. The molecule has 3 aromatic heterocycles. The summed E-state index contributed by atoms with van der Waals surface area (Å²) in [5.74, 6) is -0.255. The molecule has 5 aromatic rings. The Bertz CT molecular complexity index is 1840. The lowest BCUT2D eigenvalue weighted by molar-refractivity contribution is -0.119. The maximum atomic E-state index is 13.8. The third-order valence-electron chi connectivity index (χ3n) is 7.95. The molecule has 42 heavy (non-hydrogen) atoms. The largest absolute Gasteiger partial charge is 0.323 e. The molecule has 6 rings (SSSR count). The monoisotopic (exact) mass is 578 g/mol. The molecule has 4 heterocycles. The molecule has 0 fully saturated rings. The molecule has 0 saturated heterocycles. The Labute approximate surface area is 249 Å². The molecule has 0 aliphatic carbocycles. The number of hydrogen-bond acceptors (Lipinski definition) is 5. The molecule has 0 radical (unpaired) electrons. The van der Waals surface area contributed by atoms with Crippen molar-refractivity contribution in [3.63, 3.8) is 0 Å². The van der Waals surface area contributed by atoms with Gasteiger partial charge in [0.15, 0.2) is 0 Å². The summed E-state index contributed by atoms with van der Waals surface area (Å²) in [6, 6.07) is 19.0. The van der Waals surface area contributed by atoms with Crippen molar-refractivity contribution in [2.75, 3.05) is 5.32 Å². The van der Waals surface area contributed by atoms with Gasteiger partial charge < -0.3 is 5.32 Å². The number of carbonyl (C=O) groups is 1. The summed E-state index contributed by atoms with van der Waals surface area (Å²) in [6.45, 7) is 3.97. The van der Waals surface area contributed by atoms with Gasteiger partial charge in [-0.2, -0.15) is 5.10 Å². The van der Waals surface area contributed by atoms with Crippen LogP contribution in [-0.4, -0.2) is 30.2 Å². The zero-order chi connectivity index (χ0) is 29.4. The number of fused-ring (bicyclic) bond motifs is 4. The molecular formula is C33H31ClN6O2. The van der Waals surface area contributed by atoms with Crippen LogP contribution in [0.3, 0.4) is 0 Å². The Morgan fingerprint density at radius 1 is 0.929 bits per heavy atom. The number of hydrogen-bond donors (Lipinski definition) is 1. The van der Waals surface area contributed by atoms with E-state index in [0.717, 1.165) is 40.1 Å². The average molecular weight is 579 g/mol. The Hall–Kier alpha value is -4.56. The summed E-state index contributed by atoms with van der Waals surface area (Å²) in [4.78, 5) is 36.2. The third-order valence-corrected chi connectivity index (χ3v) is 8.18. The van der Waals surface area contributed by atoms with Crippen LogP contribution in [0.15, 0.2) is 84.2 Å². The molecule has 9 heteroatoms. The lowest BCUT2D eigenvalue weighted by atomic mass is 9.96. The Morgan fingerprint density at radius 3 is 2.52 bits per heavy atom. The van der Waals surface area contributed by atoms with Crippen molar-refractivity contribution in [3.8, 4) is 33.6 Å². The molecule has 2 aromatic carbocycles. The van der Waals surface area contributed by atoms with Gasteiger partial charge in [-0.05, 0) is 55.2 Å². The zero-order valence-corrected chi connectivity index (χ0v) is 24.5. The summed E-state index contributed by atoms with van der Waals surface area (Å²) in [7, 11) is 1.84. The number of nitrogens with zero attached hydrogens (tertiary/aromatic N) is 5. The van der Waals surface area contributed by atoms with Crippen LogP contribution in [0.4, 0.5) is 5.69 Å². The quantitative estimate of drug-likeness (QED) is 0.258. The predicted octanol–water partition coefficient (Wildman–Crippen LogP) is 6.68.